The molecule has 0 spiro atoms. The number of rotatable bonds is 8. The molecule has 3 aromatic rings. The fourth-order valence-corrected chi connectivity index (χ4v) is 7.29. The van der Waals surface area contributed by atoms with E-state index < -0.39 is 12.5 Å². The average molecular weight is 569 g/mol. The number of aliphatic hydroxyl groups is 1. The lowest BCUT2D eigenvalue weighted by Crippen LogP contribution is -2.41. The molecule has 2 saturated carbocycles. The zero-order valence-electron chi connectivity index (χ0n) is 23.1. The number of aromatic nitrogens is 1. The highest BCUT2D eigenvalue weighted by molar-refractivity contribution is 7.15. The second-order valence-corrected chi connectivity index (χ2v) is 12.3. The molecule has 2 fully saturated rings. The molecule has 5 rings (SSSR count). The minimum Gasteiger partial charge on any atom is -0.496 e. The number of ether oxygens (including phenoxy) is 1. The second kappa shape index (κ2) is 12.8. The van der Waals surface area contributed by atoms with Crippen molar-refractivity contribution >= 4 is 17.2 Å². The fraction of sp³-hybridized carbons (Fsp3) is 0.500. The van der Waals surface area contributed by atoms with Crippen molar-refractivity contribution in [2.24, 2.45) is 11.8 Å². The molecule has 2 aliphatic carbocycles. The van der Waals surface area contributed by atoms with Crippen LogP contribution in [0.4, 0.5) is 8.78 Å². The monoisotopic (exact) mass is 568 g/mol. The Morgan fingerprint density at radius 2 is 1.90 bits per heavy atom. The summed E-state index contributed by atoms with van der Waals surface area (Å²) in [6, 6.07) is 13.6. The molecule has 0 radical (unpaired) electrons. The first-order chi connectivity index (χ1) is 19.3. The summed E-state index contributed by atoms with van der Waals surface area (Å²) in [5.74, 6) is 0.991. The average Bonchev–Trinajstić information content (AvgIpc) is 3.47. The summed E-state index contributed by atoms with van der Waals surface area (Å²) < 4.78 is 31.8. The molecule has 2 N–H and O–H groups in total. The summed E-state index contributed by atoms with van der Waals surface area (Å²) in [5, 5.41) is 14.5. The molecule has 4 atom stereocenters. The Balaban J connectivity index is 1.40. The third-order valence-corrected chi connectivity index (χ3v) is 9.74. The number of amides is 1. The quantitative estimate of drug-likeness (QED) is 0.292. The van der Waals surface area contributed by atoms with Crippen molar-refractivity contribution in [2.75, 3.05) is 7.11 Å². The topological polar surface area (TPSA) is 71.5 Å². The van der Waals surface area contributed by atoms with E-state index in [0.717, 1.165) is 77.9 Å². The highest BCUT2D eigenvalue weighted by atomic mass is 32.1. The number of methoxy groups -OCH3 is 1. The Bertz CT molecular complexity index is 1310. The number of nitrogens with zero attached hydrogens (tertiary/aromatic N) is 1. The van der Waals surface area contributed by atoms with Crippen LogP contribution in [0, 0.1) is 18.8 Å². The second-order valence-electron chi connectivity index (χ2n) is 11.3. The van der Waals surface area contributed by atoms with Crippen molar-refractivity contribution in [1.29, 1.82) is 0 Å². The predicted molar refractivity (Wildman–Crippen MR) is 154 cm³/mol. The minimum absolute atomic E-state index is 0.0121. The number of nitrogens with one attached hydrogen (secondary N) is 1. The van der Waals surface area contributed by atoms with E-state index in [1.807, 2.05) is 43.3 Å². The zero-order valence-corrected chi connectivity index (χ0v) is 23.9. The predicted octanol–water partition coefficient (Wildman–Crippen LogP) is 7.75. The Hall–Kier alpha value is -2.84. The van der Waals surface area contributed by atoms with Crippen LogP contribution in [-0.2, 0) is 4.79 Å². The van der Waals surface area contributed by atoms with Gasteiger partial charge >= 0.3 is 0 Å². The lowest BCUT2D eigenvalue weighted by molar-refractivity contribution is -0.127. The van der Waals surface area contributed by atoms with Crippen LogP contribution in [0.15, 0.2) is 48.7 Å². The maximum Gasteiger partial charge on any atom is 0.289 e. The molecular formula is C32H38F2N2O3S. The Labute approximate surface area is 239 Å². The Kier molecular flexibility index (Phi) is 9.16. The van der Waals surface area contributed by atoms with E-state index in [4.69, 9.17) is 4.74 Å². The summed E-state index contributed by atoms with van der Waals surface area (Å²) in [6.45, 7) is 2.01. The van der Waals surface area contributed by atoms with Gasteiger partial charge in [-0.3, -0.25) is 4.79 Å². The van der Waals surface area contributed by atoms with Crippen LogP contribution in [0.2, 0.25) is 0 Å². The van der Waals surface area contributed by atoms with Gasteiger partial charge < -0.3 is 15.2 Å². The van der Waals surface area contributed by atoms with E-state index in [2.05, 4.69) is 16.4 Å². The molecule has 2 aromatic carbocycles. The summed E-state index contributed by atoms with van der Waals surface area (Å²) in [7, 11) is 1.66. The summed E-state index contributed by atoms with van der Waals surface area (Å²) in [6.07, 6.45) is 5.69. The van der Waals surface area contributed by atoms with Gasteiger partial charge in [-0.05, 0) is 79.3 Å². The number of carbonyl (C=O) groups excluding carboxylic acids is 1. The van der Waals surface area contributed by atoms with Gasteiger partial charge in [-0.15, -0.1) is 11.3 Å². The molecule has 0 bridgehead atoms. The van der Waals surface area contributed by atoms with Crippen LogP contribution in [0.5, 0.6) is 5.75 Å². The lowest BCUT2D eigenvalue weighted by atomic mass is 9.72. The number of hydrogen-bond donors (Lipinski definition) is 2. The molecule has 4 unspecified atom stereocenters. The lowest BCUT2D eigenvalue weighted by Gasteiger charge is -2.38. The van der Waals surface area contributed by atoms with Crippen molar-refractivity contribution in [3.63, 3.8) is 0 Å². The Morgan fingerprint density at radius 1 is 1.10 bits per heavy atom. The molecule has 0 saturated heterocycles. The molecule has 1 aromatic heterocycles. The molecule has 2 aliphatic rings. The maximum atomic E-state index is 13.4. The zero-order chi connectivity index (χ0) is 28.2. The van der Waals surface area contributed by atoms with Gasteiger partial charge in [0.1, 0.15) is 5.75 Å². The van der Waals surface area contributed by atoms with E-state index in [-0.39, 0.29) is 34.7 Å². The van der Waals surface area contributed by atoms with Crippen molar-refractivity contribution < 1.29 is 23.4 Å². The molecule has 5 nitrogen and oxygen atoms in total. The van der Waals surface area contributed by atoms with Gasteiger partial charge in [0, 0.05) is 18.0 Å². The summed E-state index contributed by atoms with van der Waals surface area (Å²) >= 11 is 0.991. The van der Waals surface area contributed by atoms with E-state index in [1.165, 1.54) is 12.6 Å². The van der Waals surface area contributed by atoms with Crippen LogP contribution in [0.1, 0.15) is 91.4 Å². The van der Waals surface area contributed by atoms with Crippen LogP contribution in [0.25, 0.3) is 10.4 Å². The third-order valence-electron chi connectivity index (χ3n) is 8.69. The number of halogens is 2. The summed E-state index contributed by atoms with van der Waals surface area (Å²) in [5.41, 5.74) is 3.89. The summed E-state index contributed by atoms with van der Waals surface area (Å²) in [4.78, 5) is 18.0. The van der Waals surface area contributed by atoms with E-state index in [0.29, 0.717) is 11.3 Å². The molecule has 1 amide bonds. The standard InChI is InChI=1S/C32H38F2N2O3S/c1-19-15-21(12-14-27(19)39-2)25-13-11-24(17-26(25)37)29(36-31(38)20-7-4-3-5-8-20)23-10-6-9-22(16-23)28-18-35-32(40-28)30(33)34/h6,9-10,12,14-16,18,20,24-26,29-30,37H,3-5,7-8,11,13,17H2,1-2H3,(H,36,38). The smallest absolute Gasteiger partial charge is 0.289 e. The van der Waals surface area contributed by atoms with Gasteiger partial charge in [-0.1, -0.05) is 49.6 Å². The van der Waals surface area contributed by atoms with Gasteiger partial charge in [0.25, 0.3) is 6.43 Å². The van der Waals surface area contributed by atoms with E-state index in [1.54, 1.807) is 7.11 Å². The normalized spacial score (nSPS) is 22.7. The van der Waals surface area contributed by atoms with Gasteiger partial charge in [0.15, 0.2) is 5.01 Å². The van der Waals surface area contributed by atoms with Crippen LogP contribution in [0.3, 0.4) is 0 Å². The van der Waals surface area contributed by atoms with Crippen LogP contribution in [-0.4, -0.2) is 29.2 Å². The molecule has 214 valence electrons. The number of aryl methyl sites for hydroxylation is 1. The molecule has 40 heavy (non-hydrogen) atoms. The minimum atomic E-state index is -2.60. The molecule has 0 aliphatic heterocycles. The molecular weight excluding hydrogens is 530 g/mol. The number of carbonyl (C=O) groups is 1. The number of thiazole rings is 1. The first-order valence-electron chi connectivity index (χ1n) is 14.3. The van der Waals surface area contributed by atoms with E-state index in [9.17, 15) is 18.7 Å². The van der Waals surface area contributed by atoms with Crippen LogP contribution >= 0.6 is 11.3 Å². The third kappa shape index (κ3) is 6.39. The first-order valence-corrected chi connectivity index (χ1v) is 15.1. The Morgan fingerprint density at radius 3 is 2.58 bits per heavy atom. The maximum absolute atomic E-state index is 13.4. The van der Waals surface area contributed by atoms with E-state index >= 15 is 0 Å². The number of hydrogen-bond acceptors (Lipinski definition) is 5. The first kappa shape index (κ1) is 28.7. The number of benzene rings is 2. The SMILES string of the molecule is COc1ccc(C2CCC(C(NC(=O)C3CCCCC3)c3cccc(-c4cnc(C(F)F)s4)c3)CC2O)cc1C. The highest BCUT2D eigenvalue weighted by Crippen LogP contribution is 2.43. The highest BCUT2D eigenvalue weighted by Gasteiger charge is 2.36. The van der Waals surface area contributed by atoms with Gasteiger partial charge in [0.05, 0.1) is 24.1 Å². The van der Waals surface area contributed by atoms with Gasteiger partial charge in [-0.25, -0.2) is 13.8 Å². The molecule has 1 heterocycles. The molecule has 8 heteroatoms. The van der Waals surface area contributed by atoms with Crippen molar-refractivity contribution in [3.05, 3.63) is 70.4 Å². The van der Waals surface area contributed by atoms with Crippen molar-refractivity contribution in [3.8, 4) is 16.2 Å². The number of aliphatic hydroxyl groups excluding tert-OH is 1. The van der Waals surface area contributed by atoms with Gasteiger partial charge in [-0.2, -0.15) is 0 Å². The van der Waals surface area contributed by atoms with Crippen molar-refractivity contribution in [2.45, 2.75) is 82.8 Å². The van der Waals surface area contributed by atoms with Gasteiger partial charge in [0.2, 0.25) is 5.91 Å². The number of alkyl halides is 2. The van der Waals surface area contributed by atoms with Crippen LogP contribution < -0.4 is 10.1 Å². The van der Waals surface area contributed by atoms with Crippen molar-refractivity contribution in [1.82, 2.24) is 10.3 Å². The largest absolute Gasteiger partial charge is 0.496 e. The fourth-order valence-electron chi connectivity index (χ4n) is 6.52.